The van der Waals surface area contributed by atoms with Crippen LogP contribution in [0.5, 0.6) is 0 Å². The number of nitrogens with one attached hydrogen (secondary N) is 1. The second kappa shape index (κ2) is 7.34. The SMILES string of the molecule is O=C(OCC12CC3CC(CC(C3)C1)C2)c1cccc(NCc2cnc(Cl)s2)c1. The van der Waals surface area contributed by atoms with Crippen LogP contribution in [0.15, 0.2) is 30.5 Å². The molecule has 148 valence electrons. The maximum Gasteiger partial charge on any atom is 0.338 e. The predicted molar refractivity (Wildman–Crippen MR) is 112 cm³/mol. The van der Waals surface area contributed by atoms with Crippen LogP contribution >= 0.6 is 22.9 Å². The Morgan fingerprint density at radius 3 is 2.57 bits per heavy atom. The fraction of sp³-hybridized carbons (Fsp3) is 0.545. The average Bonchev–Trinajstić information content (AvgIpc) is 3.09. The van der Waals surface area contributed by atoms with Crippen LogP contribution in [0.1, 0.15) is 53.8 Å². The van der Waals surface area contributed by atoms with Crippen LogP contribution in [0, 0.1) is 23.2 Å². The monoisotopic (exact) mass is 416 g/mol. The largest absolute Gasteiger partial charge is 0.462 e. The van der Waals surface area contributed by atoms with Gasteiger partial charge in [-0.25, -0.2) is 9.78 Å². The van der Waals surface area contributed by atoms with Crippen molar-refractivity contribution in [1.82, 2.24) is 4.98 Å². The van der Waals surface area contributed by atoms with E-state index in [1.807, 2.05) is 24.3 Å². The molecule has 0 aliphatic heterocycles. The molecule has 1 aromatic heterocycles. The van der Waals surface area contributed by atoms with Gasteiger partial charge in [0, 0.05) is 22.2 Å². The van der Waals surface area contributed by atoms with Crippen molar-refractivity contribution in [3.63, 3.8) is 0 Å². The molecule has 1 aromatic carbocycles. The normalized spacial score (nSPS) is 30.4. The molecule has 1 heterocycles. The number of hydrogen-bond donors (Lipinski definition) is 1. The Kier molecular flexibility index (Phi) is 4.84. The van der Waals surface area contributed by atoms with Crippen molar-refractivity contribution in [3.05, 3.63) is 45.4 Å². The average molecular weight is 417 g/mol. The number of thiazole rings is 1. The minimum atomic E-state index is -0.208. The molecule has 6 heteroatoms. The van der Waals surface area contributed by atoms with Gasteiger partial charge in [0.25, 0.3) is 0 Å². The van der Waals surface area contributed by atoms with Gasteiger partial charge in [-0.15, -0.1) is 11.3 Å². The van der Waals surface area contributed by atoms with E-state index >= 15 is 0 Å². The molecule has 0 spiro atoms. The van der Waals surface area contributed by atoms with E-state index in [4.69, 9.17) is 16.3 Å². The van der Waals surface area contributed by atoms with Gasteiger partial charge in [-0.2, -0.15) is 0 Å². The first-order valence-electron chi connectivity index (χ1n) is 10.2. The lowest BCUT2D eigenvalue weighted by molar-refractivity contribution is -0.0848. The van der Waals surface area contributed by atoms with Crippen LogP contribution < -0.4 is 5.32 Å². The van der Waals surface area contributed by atoms with Crippen LogP contribution in [0.4, 0.5) is 5.69 Å². The molecule has 4 nitrogen and oxygen atoms in total. The van der Waals surface area contributed by atoms with Crippen molar-refractivity contribution < 1.29 is 9.53 Å². The summed E-state index contributed by atoms with van der Waals surface area (Å²) in [6, 6.07) is 7.54. The number of esters is 1. The zero-order valence-corrected chi connectivity index (χ0v) is 17.4. The standard InChI is InChI=1S/C22H25ClN2O2S/c23-21-25-12-19(28-21)11-24-18-3-1-2-17(7-18)20(26)27-13-22-8-14-4-15(9-22)6-16(5-14)10-22/h1-3,7,12,14-16,24H,4-6,8-11,13H2. The fourth-order valence-electron chi connectivity index (χ4n) is 6.08. The summed E-state index contributed by atoms with van der Waals surface area (Å²) in [6.07, 6.45) is 9.76. The summed E-state index contributed by atoms with van der Waals surface area (Å²) in [5.41, 5.74) is 1.76. The van der Waals surface area contributed by atoms with Gasteiger partial charge < -0.3 is 10.1 Å². The van der Waals surface area contributed by atoms with E-state index in [-0.39, 0.29) is 11.4 Å². The lowest BCUT2D eigenvalue weighted by Gasteiger charge is -2.56. The first-order chi connectivity index (χ1) is 13.6. The maximum atomic E-state index is 12.7. The number of ether oxygens (including phenoxy) is 1. The Morgan fingerprint density at radius 1 is 1.21 bits per heavy atom. The Hall–Kier alpha value is -1.59. The molecule has 4 saturated carbocycles. The molecular formula is C22H25ClN2O2S. The van der Waals surface area contributed by atoms with E-state index < -0.39 is 0 Å². The molecule has 4 aliphatic rings. The number of carbonyl (C=O) groups is 1. The van der Waals surface area contributed by atoms with E-state index in [0.29, 0.717) is 23.2 Å². The highest BCUT2D eigenvalue weighted by atomic mass is 35.5. The molecule has 6 rings (SSSR count). The van der Waals surface area contributed by atoms with Gasteiger partial charge in [-0.05, 0) is 74.5 Å². The van der Waals surface area contributed by atoms with Gasteiger partial charge in [0.05, 0.1) is 18.7 Å². The molecule has 0 unspecified atom stereocenters. The number of benzene rings is 1. The van der Waals surface area contributed by atoms with Gasteiger partial charge in [0.15, 0.2) is 4.47 Å². The van der Waals surface area contributed by atoms with Gasteiger partial charge in [0.2, 0.25) is 0 Å². The highest BCUT2D eigenvalue weighted by Gasteiger charge is 2.51. The summed E-state index contributed by atoms with van der Waals surface area (Å²) in [5.74, 6) is 2.41. The number of hydrogen-bond acceptors (Lipinski definition) is 5. The molecule has 28 heavy (non-hydrogen) atoms. The summed E-state index contributed by atoms with van der Waals surface area (Å²) in [6.45, 7) is 1.22. The topological polar surface area (TPSA) is 51.2 Å². The summed E-state index contributed by atoms with van der Waals surface area (Å²) in [4.78, 5) is 17.8. The minimum absolute atomic E-state index is 0.208. The fourth-order valence-corrected chi connectivity index (χ4v) is 7.00. The molecule has 0 radical (unpaired) electrons. The number of carbonyl (C=O) groups excluding carboxylic acids is 1. The molecule has 0 atom stereocenters. The molecular weight excluding hydrogens is 392 g/mol. The van der Waals surface area contributed by atoms with Crippen molar-refractivity contribution in [2.75, 3.05) is 11.9 Å². The third kappa shape index (κ3) is 3.79. The Bertz CT molecular complexity index is 846. The number of rotatable bonds is 6. The van der Waals surface area contributed by atoms with Crippen molar-refractivity contribution in [3.8, 4) is 0 Å². The maximum absolute atomic E-state index is 12.7. The van der Waals surface area contributed by atoms with E-state index in [1.165, 1.54) is 49.9 Å². The molecule has 1 N–H and O–H groups in total. The van der Waals surface area contributed by atoms with Crippen molar-refractivity contribution >= 4 is 34.6 Å². The van der Waals surface area contributed by atoms with E-state index in [2.05, 4.69) is 10.3 Å². The predicted octanol–water partition coefficient (Wildman–Crippen LogP) is 5.78. The zero-order valence-electron chi connectivity index (χ0n) is 15.8. The molecule has 4 fully saturated rings. The van der Waals surface area contributed by atoms with Crippen molar-refractivity contribution in [1.29, 1.82) is 0 Å². The van der Waals surface area contributed by atoms with E-state index in [9.17, 15) is 4.79 Å². The first kappa shape index (κ1) is 18.4. The van der Waals surface area contributed by atoms with Crippen LogP contribution in [-0.4, -0.2) is 17.6 Å². The molecule has 0 amide bonds. The number of aromatic nitrogens is 1. The summed E-state index contributed by atoms with van der Waals surface area (Å²) in [5, 5.41) is 3.32. The second-order valence-electron chi connectivity index (χ2n) is 9.01. The quantitative estimate of drug-likeness (QED) is 0.606. The molecule has 0 saturated heterocycles. The number of halogens is 1. The number of nitrogens with zero attached hydrogens (tertiary/aromatic N) is 1. The van der Waals surface area contributed by atoms with Gasteiger partial charge in [-0.1, -0.05) is 17.7 Å². The Balaban J connectivity index is 1.20. The Labute approximate surface area is 174 Å². The third-order valence-electron chi connectivity index (χ3n) is 6.76. The Morgan fingerprint density at radius 2 is 1.93 bits per heavy atom. The van der Waals surface area contributed by atoms with Crippen LogP contribution in [0.3, 0.4) is 0 Å². The highest BCUT2D eigenvalue weighted by molar-refractivity contribution is 7.15. The smallest absolute Gasteiger partial charge is 0.338 e. The minimum Gasteiger partial charge on any atom is -0.462 e. The molecule has 2 aromatic rings. The summed E-state index contributed by atoms with van der Waals surface area (Å²) < 4.78 is 6.38. The van der Waals surface area contributed by atoms with Gasteiger partial charge in [-0.3, -0.25) is 0 Å². The van der Waals surface area contributed by atoms with E-state index in [1.54, 1.807) is 6.20 Å². The van der Waals surface area contributed by atoms with E-state index in [0.717, 1.165) is 28.3 Å². The number of anilines is 1. The van der Waals surface area contributed by atoms with Crippen LogP contribution in [0.2, 0.25) is 4.47 Å². The van der Waals surface area contributed by atoms with Crippen LogP contribution in [-0.2, 0) is 11.3 Å². The lowest BCUT2D eigenvalue weighted by Crippen LogP contribution is -2.48. The molecule has 4 bridgehead atoms. The van der Waals surface area contributed by atoms with Crippen LogP contribution in [0.25, 0.3) is 0 Å². The van der Waals surface area contributed by atoms with Crippen molar-refractivity contribution in [2.45, 2.75) is 45.1 Å². The zero-order chi connectivity index (χ0) is 19.1. The third-order valence-corrected chi connectivity index (χ3v) is 7.88. The second-order valence-corrected chi connectivity index (χ2v) is 10.7. The summed E-state index contributed by atoms with van der Waals surface area (Å²) >= 11 is 7.33. The highest BCUT2D eigenvalue weighted by Crippen LogP contribution is 2.60. The van der Waals surface area contributed by atoms with Gasteiger partial charge >= 0.3 is 5.97 Å². The first-order valence-corrected chi connectivity index (χ1v) is 11.4. The molecule has 4 aliphatic carbocycles. The lowest BCUT2D eigenvalue weighted by atomic mass is 9.50. The van der Waals surface area contributed by atoms with Crippen molar-refractivity contribution in [2.24, 2.45) is 23.2 Å². The van der Waals surface area contributed by atoms with Gasteiger partial charge in [0.1, 0.15) is 0 Å². The summed E-state index contributed by atoms with van der Waals surface area (Å²) in [7, 11) is 0.